The summed E-state index contributed by atoms with van der Waals surface area (Å²) in [7, 11) is 0. The Morgan fingerprint density at radius 1 is 1.15 bits per heavy atom. The van der Waals surface area contributed by atoms with Crippen LogP contribution >= 0.6 is 22.9 Å². The molecule has 0 aliphatic rings. The van der Waals surface area contributed by atoms with Crippen LogP contribution in [0.3, 0.4) is 0 Å². The van der Waals surface area contributed by atoms with Gasteiger partial charge < -0.3 is 5.32 Å². The molecule has 1 N–H and O–H groups in total. The van der Waals surface area contributed by atoms with Crippen molar-refractivity contribution in [2.24, 2.45) is 0 Å². The highest BCUT2D eigenvalue weighted by Gasteiger charge is 2.14. The lowest BCUT2D eigenvalue weighted by Crippen LogP contribution is -2.03. The lowest BCUT2D eigenvalue weighted by atomic mass is 10.0. The number of carbonyl (C=O) groups excluding carboxylic acids is 3. The summed E-state index contributed by atoms with van der Waals surface area (Å²) in [5, 5.41) is 4.56. The molecule has 0 amide bonds. The Morgan fingerprint density at radius 3 is 2.44 bits per heavy atom. The molecule has 0 atom stereocenters. The van der Waals surface area contributed by atoms with E-state index in [0.29, 0.717) is 15.0 Å². The van der Waals surface area contributed by atoms with Crippen molar-refractivity contribution >= 4 is 45.7 Å². The molecule has 0 radical (unpaired) electrons. The van der Waals surface area contributed by atoms with E-state index in [4.69, 9.17) is 21.2 Å². The molecule has 0 spiro atoms. The summed E-state index contributed by atoms with van der Waals surface area (Å²) in [6.45, 7) is 4.01. The number of carbonyl (C=O) groups is 1. The van der Waals surface area contributed by atoms with Gasteiger partial charge in [0.05, 0.1) is 11.1 Å². The van der Waals surface area contributed by atoms with Gasteiger partial charge in [-0.1, -0.05) is 52.8 Å². The summed E-state index contributed by atoms with van der Waals surface area (Å²) in [4.78, 5) is 33.7. The summed E-state index contributed by atoms with van der Waals surface area (Å²) in [6, 6.07) is 13.7. The van der Waals surface area contributed by atoms with Crippen molar-refractivity contribution in [3.8, 4) is 0 Å². The van der Waals surface area contributed by atoms with E-state index in [0.717, 1.165) is 16.8 Å². The molecule has 1 aromatic heterocycles. The first kappa shape index (κ1) is 20.5. The maximum atomic E-state index is 12.5. The molecule has 1 heterocycles. The van der Waals surface area contributed by atoms with Gasteiger partial charge in [-0.15, -0.1) is 0 Å². The number of Topliss-reactive ketones (excluding diaryl/α,β-unsaturated/α-hetero) is 1. The summed E-state index contributed by atoms with van der Waals surface area (Å²) in [5.41, 5.74) is 4.06. The van der Waals surface area contributed by atoms with Gasteiger partial charge >= 0.3 is 6.15 Å². The monoisotopic (exact) mass is 400 g/mol. The molecule has 5 nitrogen and oxygen atoms in total. The number of aryl methyl sites for hydroxylation is 2. The first-order valence-electron chi connectivity index (χ1n) is 8.00. The zero-order valence-corrected chi connectivity index (χ0v) is 16.4. The van der Waals surface area contributed by atoms with Crippen LogP contribution < -0.4 is 5.32 Å². The van der Waals surface area contributed by atoms with Crippen molar-refractivity contribution in [3.05, 3.63) is 75.3 Å². The predicted molar refractivity (Wildman–Crippen MR) is 106 cm³/mol. The van der Waals surface area contributed by atoms with Gasteiger partial charge in [-0.2, -0.15) is 9.59 Å². The fourth-order valence-corrected chi connectivity index (χ4v) is 3.42. The highest BCUT2D eigenvalue weighted by Crippen LogP contribution is 2.26. The van der Waals surface area contributed by atoms with Crippen LogP contribution in [0, 0.1) is 13.8 Å². The number of nitrogens with zero attached hydrogens (tertiary/aromatic N) is 1. The van der Waals surface area contributed by atoms with Crippen molar-refractivity contribution in [1.29, 1.82) is 0 Å². The van der Waals surface area contributed by atoms with Crippen LogP contribution in [0.2, 0.25) is 5.02 Å². The number of anilines is 2. The minimum atomic E-state index is 0.0284. The van der Waals surface area contributed by atoms with Crippen LogP contribution in [0.1, 0.15) is 26.4 Å². The van der Waals surface area contributed by atoms with Crippen LogP contribution in [-0.2, 0) is 16.0 Å². The molecule has 3 rings (SSSR count). The Hall–Kier alpha value is -2.79. The van der Waals surface area contributed by atoms with Crippen molar-refractivity contribution in [3.63, 3.8) is 0 Å². The van der Waals surface area contributed by atoms with E-state index >= 15 is 0 Å². The molecular formula is C20H17ClN2O3S. The van der Waals surface area contributed by atoms with Crippen LogP contribution in [-0.4, -0.2) is 16.9 Å². The van der Waals surface area contributed by atoms with E-state index in [1.165, 1.54) is 16.9 Å². The molecule has 7 heteroatoms. The molecule has 0 aliphatic heterocycles. The predicted octanol–water partition coefficient (Wildman–Crippen LogP) is 5.00. The average Bonchev–Trinajstić information content (AvgIpc) is 3.09. The average molecular weight is 401 g/mol. The summed E-state index contributed by atoms with van der Waals surface area (Å²) in [6.07, 6.45) is 2.16. The lowest BCUT2D eigenvalue weighted by molar-refractivity contribution is -0.191. The van der Waals surface area contributed by atoms with Gasteiger partial charge in [-0.25, -0.2) is 4.98 Å². The first-order chi connectivity index (χ1) is 12.9. The molecular weight excluding hydrogens is 384 g/mol. The molecule has 0 saturated heterocycles. The second kappa shape index (κ2) is 9.78. The Bertz CT molecular complexity index is 941. The third-order valence-electron chi connectivity index (χ3n) is 3.77. The second-order valence-corrected chi connectivity index (χ2v) is 7.18. The smallest absolute Gasteiger partial charge is 0.332 e. The summed E-state index contributed by atoms with van der Waals surface area (Å²) in [5.74, 6) is 0.0284. The molecule has 138 valence electrons. The molecule has 0 fully saturated rings. The quantitative estimate of drug-likeness (QED) is 0.610. The molecule has 0 bridgehead atoms. The fraction of sp³-hybridized carbons (Fsp3) is 0.150. The van der Waals surface area contributed by atoms with Crippen molar-refractivity contribution in [2.45, 2.75) is 20.3 Å². The number of nitrogens with one attached hydrogen (secondary N) is 1. The zero-order valence-electron chi connectivity index (χ0n) is 14.8. The van der Waals surface area contributed by atoms with E-state index in [9.17, 15) is 4.79 Å². The van der Waals surface area contributed by atoms with E-state index < -0.39 is 0 Å². The normalized spacial score (nSPS) is 9.74. The first-order valence-corrected chi connectivity index (χ1v) is 9.20. The Balaban J connectivity index is 0.000000817. The molecule has 0 saturated carbocycles. The summed E-state index contributed by atoms with van der Waals surface area (Å²) < 4.78 is 0. The standard InChI is InChI=1S/C19H17ClN2OS.CO2/c1-12-6-8-14(9-7-12)22-19-21-11-18(24-19)17(23)10-15-13(2)4-3-5-16(15)20;2-1-3/h3-9,11H,10H2,1-2H3,(H,21,22);. The highest BCUT2D eigenvalue weighted by molar-refractivity contribution is 7.17. The minimum Gasteiger partial charge on any atom is -0.332 e. The third kappa shape index (κ3) is 5.86. The number of hydrogen-bond acceptors (Lipinski definition) is 6. The van der Waals surface area contributed by atoms with Crippen LogP contribution in [0.15, 0.2) is 48.7 Å². The molecule has 2 aromatic carbocycles. The maximum absolute atomic E-state index is 12.5. The molecule has 0 unspecified atom stereocenters. The van der Waals surface area contributed by atoms with Gasteiger partial charge in [0, 0.05) is 17.1 Å². The lowest BCUT2D eigenvalue weighted by Gasteiger charge is -2.06. The largest absolute Gasteiger partial charge is 0.373 e. The third-order valence-corrected chi connectivity index (χ3v) is 5.08. The van der Waals surface area contributed by atoms with Crippen molar-refractivity contribution in [2.75, 3.05) is 5.32 Å². The highest BCUT2D eigenvalue weighted by atomic mass is 35.5. The number of benzene rings is 2. The number of thiazole rings is 1. The fourth-order valence-electron chi connectivity index (χ4n) is 2.36. The number of aromatic nitrogens is 1. The van der Waals surface area contributed by atoms with Gasteiger partial charge in [0.2, 0.25) is 0 Å². The van der Waals surface area contributed by atoms with E-state index in [2.05, 4.69) is 10.3 Å². The molecule has 0 aliphatic carbocycles. The van der Waals surface area contributed by atoms with Gasteiger partial charge in [0.1, 0.15) is 0 Å². The molecule has 27 heavy (non-hydrogen) atoms. The Kier molecular flexibility index (Phi) is 7.44. The Morgan fingerprint density at radius 2 is 1.81 bits per heavy atom. The van der Waals surface area contributed by atoms with E-state index in [1.54, 1.807) is 6.20 Å². The minimum absolute atomic E-state index is 0.0284. The SMILES string of the molecule is Cc1ccc(Nc2ncc(C(=O)Cc3c(C)cccc3Cl)s2)cc1.O=C=O. The number of ketones is 1. The van der Waals surface area contributed by atoms with Crippen LogP contribution in [0.25, 0.3) is 0 Å². The van der Waals surface area contributed by atoms with E-state index in [-0.39, 0.29) is 18.4 Å². The maximum Gasteiger partial charge on any atom is 0.373 e. The van der Waals surface area contributed by atoms with Crippen molar-refractivity contribution in [1.82, 2.24) is 4.98 Å². The van der Waals surface area contributed by atoms with Gasteiger partial charge in [0.25, 0.3) is 0 Å². The number of hydrogen-bond donors (Lipinski definition) is 1. The van der Waals surface area contributed by atoms with Crippen molar-refractivity contribution < 1.29 is 14.4 Å². The van der Waals surface area contributed by atoms with Crippen LogP contribution in [0.5, 0.6) is 0 Å². The van der Waals surface area contributed by atoms with Gasteiger partial charge in [0.15, 0.2) is 10.9 Å². The summed E-state index contributed by atoms with van der Waals surface area (Å²) >= 11 is 7.57. The van der Waals surface area contributed by atoms with E-state index in [1.807, 2.05) is 56.3 Å². The Labute approximate surface area is 166 Å². The van der Waals surface area contributed by atoms with Crippen LogP contribution in [0.4, 0.5) is 10.8 Å². The zero-order chi connectivity index (χ0) is 19.8. The van der Waals surface area contributed by atoms with Gasteiger partial charge in [-0.05, 0) is 43.2 Å². The second-order valence-electron chi connectivity index (χ2n) is 5.74. The molecule has 3 aromatic rings. The topological polar surface area (TPSA) is 76.1 Å². The number of halogens is 1. The number of rotatable bonds is 5. The van der Waals surface area contributed by atoms with Gasteiger partial charge in [-0.3, -0.25) is 4.79 Å².